The van der Waals surface area contributed by atoms with Crippen LogP contribution < -0.4 is 10.1 Å². The van der Waals surface area contributed by atoms with Crippen molar-refractivity contribution in [1.29, 1.82) is 0 Å². The Morgan fingerprint density at radius 3 is 2.62 bits per heavy atom. The maximum absolute atomic E-state index is 11.4. The van der Waals surface area contributed by atoms with Crippen molar-refractivity contribution in [3.63, 3.8) is 0 Å². The molecule has 0 saturated carbocycles. The van der Waals surface area contributed by atoms with Crippen molar-refractivity contribution in [2.24, 2.45) is 0 Å². The summed E-state index contributed by atoms with van der Waals surface area (Å²) in [5.41, 5.74) is -0.0114. The van der Waals surface area contributed by atoms with Gasteiger partial charge in [0.2, 0.25) is 0 Å². The molecule has 0 heterocycles. The average Bonchev–Trinajstić information content (AvgIpc) is 2.50. The third kappa shape index (κ3) is 3.46. The number of rotatable bonds is 6. The Hall–Kier alpha value is -2.67. The molecule has 21 heavy (non-hydrogen) atoms. The van der Waals surface area contributed by atoms with E-state index in [-0.39, 0.29) is 31.4 Å². The number of non-ortho nitro benzene ring substituents is 1. The molecule has 0 aliphatic carbocycles. The number of nitrogens with zero attached hydrogens (tertiary/aromatic N) is 1. The highest BCUT2D eigenvalue weighted by atomic mass is 16.6. The van der Waals surface area contributed by atoms with Crippen LogP contribution in [-0.2, 0) is 4.79 Å². The zero-order valence-electron chi connectivity index (χ0n) is 11.1. The molecule has 2 N–H and O–H groups in total. The van der Waals surface area contributed by atoms with E-state index in [1.807, 2.05) is 0 Å². The number of hydrogen-bond donors (Lipinski definition) is 2. The van der Waals surface area contributed by atoms with Gasteiger partial charge < -0.3 is 15.2 Å². The van der Waals surface area contributed by atoms with Crippen LogP contribution in [0.1, 0.15) is 0 Å². The third-order valence-electron chi connectivity index (χ3n) is 2.85. The number of nitro groups is 1. The van der Waals surface area contributed by atoms with Crippen LogP contribution in [0.25, 0.3) is 10.8 Å². The Bertz CT molecular complexity index is 671. The van der Waals surface area contributed by atoms with Crippen molar-refractivity contribution < 1.29 is 19.6 Å². The summed E-state index contributed by atoms with van der Waals surface area (Å²) in [6.07, 6.45) is 0. The normalized spacial score (nSPS) is 10.3. The summed E-state index contributed by atoms with van der Waals surface area (Å²) in [6.45, 7) is -0.211. The van der Waals surface area contributed by atoms with E-state index in [4.69, 9.17) is 9.84 Å². The molecule has 7 heteroatoms. The first-order valence-corrected chi connectivity index (χ1v) is 6.30. The molecule has 1 amide bonds. The van der Waals surface area contributed by atoms with E-state index in [0.717, 1.165) is 0 Å². The number of carbonyl (C=O) groups excluding carboxylic acids is 1. The molecular formula is C14H14N2O5. The molecule has 7 nitrogen and oxygen atoms in total. The summed E-state index contributed by atoms with van der Waals surface area (Å²) in [5, 5.41) is 23.1. The molecule has 0 fully saturated rings. The minimum atomic E-state index is -0.458. The predicted molar refractivity (Wildman–Crippen MR) is 76.2 cm³/mol. The number of aliphatic hydroxyl groups excluding tert-OH is 1. The highest BCUT2D eigenvalue weighted by Crippen LogP contribution is 2.32. The fourth-order valence-electron chi connectivity index (χ4n) is 1.93. The highest BCUT2D eigenvalue weighted by molar-refractivity contribution is 5.95. The number of amides is 1. The van der Waals surface area contributed by atoms with Crippen LogP contribution in [0.2, 0.25) is 0 Å². The summed E-state index contributed by atoms with van der Waals surface area (Å²) in [5.74, 6) is 0.0295. The molecule has 2 aromatic carbocycles. The molecule has 110 valence electrons. The number of nitro benzene ring substituents is 1. The molecule has 0 saturated heterocycles. The quantitative estimate of drug-likeness (QED) is 0.615. The minimum absolute atomic E-state index is 0.0114. The molecule has 0 unspecified atom stereocenters. The van der Waals surface area contributed by atoms with Gasteiger partial charge in [0.05, 0.1) is 16.9 Å². The fraction of sp³-hybridized carbons (Fsp3) is 0.214. The zero-order chi connectivity index (χ0) is 15.2. The van der Waals surface area contributed by atoms with Gasteiger partial charge >= 0.3 is 0 Å². The fourth-order valence-corrected chi connectivity index (χ4v) is 1.93. The minimum Gasteiger partial charge on any atom is -0.483 e. The topological polar surface area (TPSA) is 102 Å². The monoisotopic (exact) mass is 290 g/mol. The number of fused-ring (bicyclic) bond motifs is 1. The van der Waals surface area contributed by atoms with Crippen LogP contribution >= 0.6 is 0 Å². The molecule has 0 bridgehead atoms. The van der Waals surface area contributed by atoms with E-state index < -0.39 is 4.92 Å². The Morgan fingerprint density at radius 1 is 1.24 bits per heavy atom. The second-order valence-electron chi connectivity index (χ2n) is 4.25. The lowest BCUT2D eigenvalue weighted by Crippen LogP contribution is -2.31. The van der Waals surface area contributed by atoms with Crippen molar-refractivity contribution in [3.05, 3.63) is 46.5 Å². The third-order valence-corrected chi connectivity index (χ3v) is 2.85. The second-order valence-corrected chi connectivity index (χ2v) is 4.25. The van der Waals surface area contributed by atoms with Crippen molar-refractivity contribution in [3.8, 4) is 5.75 Å². The van der Waals surface area contributed by atoms with E-state index in [2.05, 4.69) is 5.32 Å². The number of hydrogen-bond acceptors (Lipinski definition) is 5. The predicted octanol–water partition coefficient (Wildman–Crippen LogP) is 1.24. The van der Waals surface area contributed by atoms with Crippen LogP contribution in [-0.4, -0.2) is 35.7 Å². The van der Waals surface area contributed by atoms with E-state index in [1.165, 1.54) is 12.1 Å². The van der Waals surface area contributed by atoms with Gasteiger partial charge in [-0.15, -0.1) is 0 Å². The van der Waals surface area contributed by atoms with Crippen molar-refractivity contribution in [2.45, 2.75) is 0 Å². The van der Waals surface area contributed by atoms with Crippen molar-refractivity contribution in [2.75, 3.05) is 19.8 Å². The van der Waals surface area contributed by atoms with Crippen molar-refractivity contribution >= 4 is 22.4 Å². The lowest BCUT2D eigenvalue weighted by Gasteiger charge is -2.09. The van der Waals surface area contributed by atoms with Gasteiger partial charge in [-0.1, -0.05) is 18.2 Å². The zero-order valence-corrected chi connectivity index (χ0v) is 11.1. The van der Waals surface area contributed by atoms with Gasteiger partial charge in [-0.3, -0.25) is 14.9 Å². The molecule has 0 aromatic heterocycles. The first-order chi connectivity index (χ1) is 10.1. The van der Waals surface area contributed by atoms with Gasteiger partial charge in [-0.05, 0) is 12.1 Å². The molecule has 0 radical (unpaired) electrons. The molecule has 0 spiro atoms. The van der Waals surface area contributed by atoms with Crippen molar-refractivity contribution in [1.82, 2.24) is 5.32 Å². The maximum atomic E-state index is 11.4. The van der Waals surface area contributed by atoms with E-state index >= 15 is 0 Å². The van der Waals surface area contributed by atoms with E-state index in [1.54, 1.807) is 24.3 Å². The number of nitrogens with one attached hydrogen (secondary N) is 1. The molecule has 2 rings (SSSR count). The van der Waals surface area contributed by atoms with Crippen LogP contribution in [0.15, 0.2) is 36.4 Å². The summed E-state index contributed by atoms with van der Waals surface area (Å²) >= 11 is 0. The van der Waals surface area contributed by atoms with Gasteiger partial charge in [0.25, 0.3) is 11.6 Å². The first kappa shape index (κ1) is 14.7. The number of carbonyl (C=O) groups is 1. The summed E-state index contributed by atoms with van der Waals surface area (Å²) < 4.78 is 5.40. The summed E-state index contributed by atoms with van der Waals surface area (Å²) in [4.78, 5) is 22.0. The van der Waals surface area contributed by atoms with Gasteiger partial charge in [0, 0.05) is 18.0 Å². The summed E-state index contributed by atoms with van der Waals surface area (Å²) in [7, 11) is 0. The van der Waals surface area contributed by atoms with Gasteiger partial charge in [-0.2, -0.15) is 0 Å². The molecule has 0 aliphatic rings. The number of benzene rings is 2. The molecular weight excluding hydrogens is 276 g/mol. The lowest BCUT2D eigenvalue weighted by molar-refractivity contribution is -0.383. The van der Waals surface area contributed by atoms with E-state index in [0.29, 0.717) is 16.5 Å². The Labute approximate surface area is 120 Å². The van der Waals surface area contributed by atoms with E-state index in [9.17, 15) is 14.9 Å². The highest BCUT2D eigenvalue weighted by Gasteiger charge is 2.15. The lowest BCUT2D eigenvalue weighted by atomic mass is 10.1. The van der Waals surface area contributed by atoms with Crippen LogP contribution in [0, 0.1) is 10.1 Å². The summed E-state index contributed by atoms with van der Waals surface area (Å²) in [6, 6.07) is 9.59. The number of aliphatic hydroxyl groups is 1. The first-order valence-electron chi connectivity index (χ1n) is 6.30. The molecule has 0 aliphatic heterocycles. The van der Waals surface area contributed by atoms with Crippen LogP contribution in [0.4, 0.5) is 5.69 Å². The maximum Gasteiger partial charge on any atom is 0.277 e. The molecule has 0 atom stereocenters. The molecule has 2 aromatic rings. The SMILES string of the molecule is O=C(COc1ccc([N+](=O)[O-])c2ccccc12)NCCO. The number of ether oxygens (including phenoxy) is 1. The average molecular weight is 290 g/mol. The Morgan fingerprint density at radius 2 is 1.95 bits per heavy atom. The largest absolute Gasteiger partial charge is 0.483 e. The Kier molecular flexibility index (Phi) is 4.68. The van der Waals surface area contributed by atoms with Gasteiger partial charge in [0.1, 0.15) is 5.75 Å². The van der Waals surface area contributed by atoms with Gasteiger partial charge in [-0.25, -0.2) is 0 Å². The Balaban J connectivity index is 2.23. The smallest absolute Gasteiger partial charge is 0.277 e. The van der Waals surface area contributed by atoms with Crippen LogP contribution in [0.5, 0.6) is 5.75 Å². The van der Waals surface area contributed by atoms with Gasteiger partial charge in [0.15, 0.2) is 6.61 Å². The standard InChI is InChI=1S/C14H14N2O5/c17-8-7-15-14(18)9-21-13-6-5-12(16(19)20)10-3-1-2-4-11(10)13/h1-6,17H,7-9H2,(H,15,18). The second kappa shape index (κ2) is 6.67. The van der Waals surface area contributed by atoms with Crippen LogP contribution in [0.3, 0.4) is 0 Å².